The van der Waals surface area contributed by atoms with E-state index in [-0.39, 0.29) is 0 Å². The zero-order valence-electron chi connectivity index (χ0n) is 11.9. The Balaban J connectivity index is 1.45. The van der Waals surface area contributed by atoms with E-state index < -0.39 is 0 Å². The van der Waals surface area contributed by atoms with Gasteiger partial charge in [-0.25, -0.2) is 0 Å². The maximum Gasteiger partial charge on any atom is 0.119 e. The molecular weight excluding hydrogens is 316 g/mol. The summed E-state index contributed by atoms with van der Waals surface area (Å²) in [6.45, 7) is 5.26. The minimum Gasteiger partial charge on any atom is -0.492 e. The SMILES string of the molecule is Brc1ccc(OCCN2CCNC3(CCCC3)C2)cc1. The predicted octanol–water partition coefficient (Wildman–Crippen LogP) is 3.05. The summed E-state index contributed by atoms with van der Waals surface area (Å²) in [6.07, 6.45) is 5.46. The maximum atomic E-state index is 5.83. The topological polar surface area (TPSA) is 24.5 Å². The number of nitrogens with one attached hydrogen (secondary N) is 1. The summed E-state index contributed by atoms with van der Waals surface area (Å²) >= 11 is 3.44. The van der Waals surface area contributed by atoms with Crippen LogP contribution in [-0.2, 0) is 0 Å². The first-order chi connectivity index (χ1) is 9.76. The van der Waals surface area contributed by atoms with Crippen molar-refractivity contribution >= 4 is 15.9 Å². The number of nitrogens with zero attached hydrogens (tertiary/aromatic N) is 1. The van der Waals surface area contributed by atoms with Crippen LogP contribution in [0, 0.1) is 0 Å². The molecule has 1 heterocycles. The molecule has 20 heavy (non-hydrogen) atoms. The van der Waals surface area contributed by atoms with E-state index in [1.54, 1.807) is 0 Å². The second-order valence-electron chi connectivity index (χ2n) is 5.99. The number of ether oxygens (including phenoxy) is 1. The third-order valence-electron chi connectivity index (χ3n) is 4.50. The predicted molar refractivity (Wildman–Crippen MR) is 85.3 cm³/mol. The average molecular weight is 339 g/mol. The summed E-state index contributed by atoms with van der Waals surface area (Å²) in [5, 5.41) is 3.75. The molecule has 0 atom stereocenters. The van der Waals surface area contributed by atoms with Gasteiger partial charge in [0.15, 0.2) is 0 Å². The van der Waals surface area contributed by atoms with Crippen molar-refractivity contribution in [1.82, 2.24) is 10.2 Å². The molecule has 0 aromatic heterocycles. The minimum absolute atomic E-state index is 0.413. The first-order valence-corrected chi connectivity index (χ1v) is 8.41. The van der Waals surface area contributed by atoms with Crippen LogP contribution in [0.1, 0.15) is 25.7 Å². The molecule has 1 saturated carbocycles. The molecule has 110 valence electrons. The van der Waals surface area contributed by atoms with E-state index in [1.807, 2.05) is 24.3 Å². The highest BCUT2D eigenvalue weighted by Gasteiger charge is 2.37. The van der Waals surface area contributed by atoms with Crippen molar-refractivity contribution in [2.45, 2.75) is 31.2 Å². The van der Waals surface area contributed by atoms with Gasteiger partial charge in [0.2, 0.25) is 0 Å². The lowest BCUT2D eigenvalue weighted by atomic mass is 9.94. The molecule has 1 aliphatic heterocycles. The number of hydrogen-bond donors (Lipinski definition) is 1. The summed E-state index contributed by atoms with van der Waals surface area (Å²) in [5.74, 6) is 0.957. The van der Waals surface area contributed by atoms with Crippen LogP contribution in [0.25, 0.3) is 0 Å². The van der Waals surface area contributed by atoms with Crippen LogP contribution in [0.4, 0.5) is 0 Å². The quantitative estimate of drug-likeness (QED) is 0.913. The lowest BCUT2D eigenvalue weighted by molar-refractivity contribution is 0.117. The van der Waals surface area contributed by atoms with E-state index in [0.29, 0.717) is 5.54 Å². The van der Waals surface area contributed by atoms with Gasteiger partial charge in [-0.3, -0.25) is 4.90 Å². The molecule has 3 nitrogen and oxygen atoms in total. The van der Waals surface area contributed by atoms with E-state index in [4.69, 9.17) is 4.74 Å². The molecule has 1 aromatic carbocycles. The van der Waals surface area contributed by atoms with Crippen LogP contribution in [0.2, 0.25) is 0 Å². The molecule has 0 unspecified atom stereocenters. The number of halogens is 1. The zero-order chi connectivity index (χ0) is 13.8. The second-order valence-corrected chi connectivity index (χ2v) is 6.91. The molecule has 0 bridgehead atoms. The fraction of sp³-hybridized carbons (Fsp3) is 0.625. The fourth-order valence-corrected chi connectivity index (χ4v) is 3.71. The van der Waals surface area contributed by atoms with Crippen molar-refractivity contribution in [3.05, 3.63) is 28.7 Å². The third-order valence-corrected chi connectivity index (χ3v) is 5.03. The van der Waals surface area contributed by atoms with Crippen LogP contribution in [0.5, 0.6) is 5.75 Å². The van der Waals surface area contributed by atoms with Crippen LogP contribution in [0.15, 0.2) is 28.7 Å². The molecule has 1 spiro atoms. The van der Waals surface area contributed by atoms with E-state index in [1.165, 1.54) is 32.2 Å². The summed E-state index contributed by atoms with van der Waals surface area (Å²) in [7, 11) is 0. The number of hydrogen-bond acceptors (Lipinski definition) is 3. The van der Waals surface area contributed by atoms with Gasteiger partial charge >= 0.3 is 0 Å². The van der Waals surface area contributed by atoms with E-state index >= 15 is 0 Å². The minimum atomic E-state index is 0.413. The Morgan fingerprint density at radius 3 is 2.70 bits per heavy atom. The van der Waals surface area contributed by atoms with Gasteiger partial charge in [-0.2, -0.15) is 0 Å². The Labute approximate surface area is 129 Å². The first kappa shape index (κ1) is 14.4. The molecular formula is C16H23BrN2O. The molecule has 1 N–H and O–H groups in total. The van der Waals surface area contributed by atoms with Gasteiger partial charge in [-0.1, -0.05) is 28.8 Å². The van der Waals surface area contributed by atoms with Gasteiger partial charge in [0.05, 0.1) is 0 Å². The molecule has 1 saturated heterocycles. The largest absolute Gasteiger partial charge is 0.492 e. The molecule has 1 aromatic rings. The average Bonchev–Trinajstić information content (AvgIpc) is 2.89. The smallest absolute Gasteiger partial charge is 0.119 e. The van der Waals surface area contributed by atoms with Crippen molar-refractivity contribution in [2.75, 3.05) is 32.8 Å². The Kier molecular flexibility index (Phi) is 4.64. The molecule has 0 amide bonds. The Morgan fingerprint density at radius 1 is 1.20 bits per heavy atom. The molecule has 1 aliphatic carbocycles. The summed E-state index contributed by atoms with van der Waals surface area (Å²) < 4.78 is 6.92. The third kappa shape index (κ3) is 3.54. The number of piperazine rings is 1. The van der Waals surface area contributed by atoms with Gasteiger partial charge in [-0.15, -0.1) is 0 Å². The Bertz CT molecular complexity index is 429. The molecule has 0 radical (unpaired) electrons. The van der Waals surface area contributed by atoms with Gasteiger partial charge in [0, 0.05) is 36.2 Å². The summed E-state index contributed by atoms with van der Waals surface area (Å²) in [5.41, 5.74) is 0.413. The van der Waals surface area contributed by atoms with Crippen LogP contribution in [0.3, 0.4) is 0 Å². The summed E-state index contributed by atoms with van der Waals surface area (Å²) in [4.78, 5) is 2.56. The summed E-state index contributed by atoms with van der Waals surface area (Å²) in [6, 6.07) is 8.07. The van der Waals surface area contributed by atoms with Crippen molar-refractivity contribution in [3.8, 4) is 5.75 Å². The second kappa shape index (κ2) is 6.46. The Morgan fingerprint density at radius 2 is 1.95 bits per heavy atom. The lowest BCUT2D eigenvalue weighted by Gasteiger charge is -2.41. The molecule has 3 rings (SSSR count). The van der Waals surface area contributed by atoms with Gasteiger partial charge < -0.3 is 10.1 Å². The van der Waals surface area contributed by atoms with Crippen molar-refractivity contribution in [1.29, 1.82) is 0 Å². The van der Waals surface area contributed by atoms with Crippen LogP contribution < -0.4 is 10.1 Å². The molecule has 2 fully saturated rings. The Hall–Kier alpha value is -0.580. The normalized spacial score (nSPS) is 22.2. The zero-order valence-corrected chi connectivity index (χ0v) is 13.5. The van der Waals surface area contributed by atoms with Crippen LogP contribution in [-0.4, -0.2) is 43.2 Å². The monoisotopic (exact) mass is 338 g/mol. The van der Waals surface area contributed by atoms with Gasteiger partial charge in [-0.05, 0) is 37.1 Å². The molecule has 2 aliphatic rings. The van der Waals surface area contributed by atoms with Crippen molar-refractivity contribution < 1.29 is 4.74 Å². The van der Waals surface area contributed by atoms with Crippen LogP contribution >= 0.6 is 15.9 Å². The van der Waals surface area contributed by atoms with Gasteiger partial charge in [0.1, 0.15) is 12.4 Å². The van der Waals surface area contributed by atoms with E-state index in [2.05, 4.69) is 26.1 Å². The van der Waals surface area contributed by atoms with E-state index in [0.717, 1.165) is 36.5 Å². The first-order valence-electron chi connectivity index (χ1n) is 7.62. The standard InChI is InChI=1S/C16H23BrN2O/c17-14-3-5-15(6-4-14)20-12-11-19-10-9-18-16(13-19)7-1-2-8-16/h3-6,18H,1-2,7-13H2. The highest BCUT2D eigenvalue weighted by Crippen LogP contribution is 2.31. The van der Waals surface area contributed by atoms with E-state index in [9.17, 15) is 0 Å². The number of benzene rings is 1. The number of rotatable bonds is 4. The fourth-order valence-electron chi connectivity index (χ4n) is 3.44. The molecule has 4 heteroatoms. The highest BCUT2D eigenvalue weighted by molar-refractivity contribution is 9.10. The lowest BCUT2D eigenvalue weighted by Crippen LogP contribution is -2.59. The van der Waals surface area contributed by atoms with Crippen molar-refractivity contribution in [3.63, 3.8) is 0 Å². The van der Waals surface area contributed by atoms with Gasteiger partial charge in [0.25, 0.3) is 0 Å². The maximum absolute atomic E-state index is 5.83. The highest BCUT2D eigenvalue weighted by atomic mass is 79.9. The van der Waals surface area contributed by atoms with Crippen molar-refractivity contribution in [2.24, 2.45) is 0 Å².